The van der Waals surface area contributed by atoms with Gasteiger partial charge in [-0.1, -0.05) is 6.42 Å². The third-order valence-electron chi connectivity index (χ3n) is 5.51. The summed E-state index contributed by atoms with van der Waals surface area (Å²) in [5, 5.41) is 11.4. The normalized spacial score (nSPS) is 14.8. The number of ketones is 1. The summed E-state index contributed by atoms with van der Waals surface area (Å²) in [7, 11) is 0. The summed E-state index contributed by atoms with van der Waals surface area (Å²) in [5.74, 6) is -2.17. The summed E-state index contributed by atoms with van der Waals surface area (Å²) in [6.45, 7) is 0. The van der Waals surface area contributed by atoms with Gasteiger partial charge in [-0.05, 0) is 25.0 Å². The minimum absolute atomic E-state index is 0.00681. The van der Waals surface area contributed by atoms with Gasteiger partial charge in [-0.25, -0.2) is 0 Å². The summed E-state index contributed by atoms with van der Waals surface area (Å²) < 4.78 is 86.1. The Kier molecular flexibility index (Phi) is 5.33. The van der Waals surface area contributed by atoms with E-state index in [-0.39, 0.29) is 35.1 Å². The van der Waals surface area contributed by atoms with E-state index in [1.54, 1.807) is 0 Å². The summed E-state index contributed by atoms with van der Waals surface area (Å²) in [5.41, 5.74) is -4.59. The topological polar surface area (TPSA) is 85.2 Å². The Morgan fingerprint density at radius 3 is 2.12 bits per heavy atom. The van der Waals surface area contributed by atoms with Gasteiger partial charge in [0.1, 0.15) is 16.9 Å². The first-order valence-electron chi connectivity index (χ1n) is 9.66. The molecule has 0 saturated heterocycles. The molecule has 1 aromatic heterocycles. The number of halogens is 6. The van der Waals surface area contributed by atoms with Crippen LogP contribution in [0.4, 0.5) is 32.0 Å². The van der Waals surface area contributed by atoms with Gasteiger partial charge in [-0.2, -0.15) is 26.3 Å². The van der Waals surface area contributed by atoms with Crippen molar-refractivity contribution in [2.45, 2.75) is 31.6 Å². The number of H-pyrrole nitrogens is 1. The molecule has 3 aromatic rings. The van der Waals surface area contributed by atoms with Gasteiger partial charge < -0.3 is 9.72 Å². The van der Waals surface area contributed by atoms with Gasteiger partial charge in [-0.3, -0.25) is 14.9 Å². The summed E-state index contributed by atoms with van der Waals surface area (Å²) in [6, 6.07) is 3.64. The van der Waals surface area contributed by atoms with Crippen LogP contribution in [0.5, 0.6) is 11.5 Å². The molecule has 1 aliphatic carbocycles. The molecule has 0 spiro atoms. The monoisotopic (exact) mass is 472 g/mol. The molecule has 1 saturated carbocycles. The number of Topliss-reactive ketones (excluding diaryl/α,β-unsaturated/α-hetero) is 1. The molecule has 1 heterocycles. The van der Waals surface area contributed by atoms with E-state index >= 15 is 0 Å². The maximum Gasteiger partial charge on any atom is 0.420 e. The van der Waals surface area contributed by atoms with Crippen molar-refractivity contribution in [2.24, 2.45) is 5.92 Å². The predicted molar refractivity (Wildman–Crippen MR) is 103 cm³/mol. The molecule has 0 amide bonds. The van der Waals surface area contributed by atoms with E-state index in [4.69, 9.17) is 4.74 Å². The van der Waals surface area contributed by atoms with Crippen molar-refractivity contribution in [3.8, 4) is 11.5 Å². The van der Waals surface area contributed by atoms with Crippen molar-refractivity contribution < 1.29 is 40.8 Å². The lowest BCUT2D eigenvalue weighted by atomic mass is 9.80. The average Bonchev–Trinajstić information content (AvgIpc) is 3.08. The first kappa shape index (κ1) is 22.6. The number of aromatic amines is 1. The Labute approximate surface area is 181 Å². The van der Waals surface area contributed by atoms with E-state index in [0.717, 1.165) is 31.4 Å². The lowest BCUT2D eigenvalue weighted by Gasteiger charge is -2.23. The molecule has 0 unspecified atom stereocenters. The minimum Gasteiger partial charge on any atom is -0.456 e. The van der Waals surface area contributed by atoms with Crippen molar-refractivity contribution >= 4 is 22.4 Å². The van der Waals surface area contributed by atoms with Gasteiger partial charge >= 0.3 is 12.4 Å². The molecule has 1 aliphatic rings. The van der Waals surface area contributed by atoms with Crippen molar-refractivity contribution in [3.63, 3.8) is 0 Å². The molecule has 33 heavy (non-hydrogen) atoms. The highest BCUT2D eigenvalue weighted by Gasteiger charge is 2.44. The molecule has 1 N–H and O–H groups in total. The van der Waals surface area contributed by atoms with Crippen LogP contribution in [-0.4, -0.2) is 15.7 Å². The molecule has 0 aliphatic heterocycles. The number of ether oxygens (including phenoxy) is 1. The Morgan fingerprint density at radius 2 is 1.64 bits per heavy atom. The largest absolute Gasteiger partial charge is 0.456 e. The maximum absolute atomic E-state index is 13.5. The number of benzene rings is 2. The lowest BCUT2D eigenvalue weighted by Crippen LogP contribution is -2.21. The molecule has 0 radical (unpaired) electrons. The minimum atomic E-state index is -5.36. The van der Waals surface area contributed by atoms with E-state index in [9.17, 15) is 41.3 Å². The van der Waals surface area contributed by atoms with Crippen LogP contribution in [0.25, 0.3) is 10.9 Å². The Balaban J connectivity index is 1.79. The zero-order chi connectivity index (χ0) is 24.1. The van der Waals surface area contributed by atoms with Gasteiger partial charge in [-0.15, -0.1) is 0 Å². The van der Waals surface area contributed by atoms with E-state index < -0.39 is 39.8 Å². The van der Waals surface area contributed by atoms with E-state index in [1.165, 1.54) is 12.3 Å². The van der Waals surface area contributed by atoms with Crippen LogP contribution in [-0.2, 0) is 12.4 Å². The van der Waals surface area contributed by atoms with Crippen molar-refractivity contribution in [1.82, 2.24) is 4.98 Å². The summed E-state index contributed by atoms with van der Waals surface area (Å²) >= 11 is 0. The number of non-ortho nitro benzene ring substituents is 1. The highest BCUT2D eigenvalue weighted by molar-refractivity contribution is 6.09. The van der Waals surface area contributed by atoms with Crippen LogP contribution >= 0.6 is 0 Å². The van der Waals surface area contributed by atoms with Crippen LogP contribution in [0.1, 0.15) is 40.7 Å². The molecular formula is C21H14F6N2O4. The molecule has 1 fully saturated rings. The van der Waals surface area contributed by atoms with Crippen LogP contribution in [0.2, 0.25) is 0 Å². The highest BCUT2D eigenvalue weighted by atomic mass is 19.4. The standard InChI is InChI=1S/C21H14F6N2O4/c22-20(23,24)15-6-11(29(31)32)7-16(21(25,26)27)19(15)33-12-4-5-13-14(9-28-17(13)8-12)18(30)10-2-1-3-10/h4-10,28H,1-3H2. The van der Waals surface area contributed by atoms with Crippen LogP contribution in [0.3, 0.4) is 0 Å². The number of nitro groups is 1. The second-order valence-corrected chi connectivity index (χ2v) is 7.63. The number of hydrogen-bond donors (Lipinski definition) is 1. The SMILES string of the molecule is O=C(c1c[nH]c2cc(Oc3c(C(F)(F)F)cc([N+](=O)[O-])cc3C(F)(F)F)ccc12)C1CCC1. The van der Waals surface area contributed by atoms with Crippen LogP contribution in [0.15, 0.2) is 36.5 Å². The van der Waals surface area contributed by atoms with Gasteiger partial charge in [0.15, 0.2) is 11.5 Å². The number of hydrogen-bond acceptors (Lipinski definition) is 4. The first-order valence-corrected chi connectivity index (χ1v) is 9.66. The lowest BCUT2D eigenvalue weighted by molar-refractivity contribution is -0.385. The number of aromatic nitrogens is 1. The van der Waals surface area contributed by atoms with Crippen molar-refractivity contribution in [3.05, 3.63) is 63.3 Å². The number of fused-ring (bicyclic) bond motifs is 1. The third kappa shape index (κ3) is 4.24. The number of nitrogens with zero attached hydrogens (tertiary/aromatic N) is 1. The Bertz CT molecular complexity index is 1220. The van der Waals surface area contributed by atoms with Gasteiger partial charge in [0.05, 0.1) is 4.92 Å². The fourth-order valence-corrected chi connectivity index (χ4v) is 3.63. The van der Waals surface area contributed by atoms with Gasteiger partial charge in [0.2, 0.25) is 0 Å². The number of rotatable bonds is 5. The van der Waals surface area contributed by atoms with Crippen LogP contribution in [0, 0.1) is 16.0 Å². The predicted octanol–water partition coefficient (Wildman–Crippen LogP) is 6.89. The first-order chi connectivity index (χ1) is 15.4. The van der Waals surface area contributed by atoms with Gasteiger partial charge in [0.25, 0.3) is 5.69 Å². The molecular weight excluding hydrogens is 458 g/mol. The van der Waals surface area contributed by atoms with Gasteiger partial charge in [0, 0.05) is 46.8 Å². The van der Waals surface area contributed by atoms with E-state index in [2.05, 4.69) is 4.98 Å². The molecule has 2 aromatic carbocycles. The average molecular weight is 472 g/mol. The van der Waals surface area contributed by atoms with Crippen LogP contribution < -0.4 is 4.74 Å². The number of nitrogens with one attached hydrogen (secondary N) is 1. The molecule has 12 heteroatoms. The second-order valence-electron chi connectivity index (χ2n) is 7.63. The Morgan fingerprint density at radius 1 is 1.03 bits per heavy atom. The number of nitro benzene ring substituents is 1. The van der Waals surface area contributed by atoms with Crippen molar-refractivity contribution in [1.29, 1.82) is 0 Å². The molecule has 0 atom stereocenters. The summed E-state index contributed by atoms with van der Waals surface area (Å²) in [4.78, 5) is 24.9. The number of carbonyl (C=O) groups excluding carboxylic acids is 1. The second kappa shape index (κ2) is 7.78. The molecule has 4 rings (SSSR count). The fraction of sp³-hybridized carbons (Fsp3) is 0.286. The molecule has 0 bridgehead atoms. The number of carbonyl (C=O) groups is 1. The Hall–Kier alpha value is -3.57. The molecule has 6 nitrogen and oxygen atoms in total. The van der Waals surface area contributed by atoms with E-state index in [0.29, 0.717) is 10.9 Å². The zero-order valence-corrected chi connectivity index (χ0v) is 16.5. The zero-order valence-electron chi connectivity index (χ0n) is 16.5. The highest BCUT2D eigenvalue weighted by Crippen LogP contribution is 2.48. The molecule has 174 valence electrons. The maximum atomic E-state index is 13.5. The summed E-state index contributed by atoms with van der Waals surface area (Å²) in [6.07, 6.45) is -6.83. The fourth-order valence-electron chi connectivity index (χ4n) is 3.63. The quantitative estimate of drug-likeness (QED) is 0.190. The van der Waals surface area contributed by atoms with Crippen molar-refractivity contribution in [2.75, 3.05) is 0 Å². The van der Waals surface area contributed by atoms with E-state index in [1.807, 2.05) is 0 Å². The number of alkyl halides is 6. The smallest absolute Gasteiger partial charge is 0.420 e. The third-order valence-corrected chi connectivity index (χ3v) is 5.51.